The zero-order valence-electron chi connectivity index (χ0n) is 8.73. The molecule has 0 radical (unpaired) electrons. The molecule has 5 heteroatoms. The average Bonchev–Trinajstić information content (AvgIpc) is 2.81. The van der Waals surface area contributed by atoms with Gasteiger partial charge in [-0.3, -0.25) is 4.98 Å². The normalized spacial score (nSPS) is 15.9. The minimum atomic E-state index is 0.294. The summed E-state index contributed by atoms with van der Waals surface area (Å²) in [7, 11) is 0. The molecule has 0 bridgehead atoms. The molecule has 4 nitrogen and oxygen atoms in total. The van der Waals surface area contributed by atoms with E-state index in [-0.39, 0.29) is 0 Å². The van der Waals surface area contributed by atoms with Crippen LogP contribution in [0.5, 0.6) is 0 Å². The Balaban J connectivity index is 2.21. The fraction of sp³-hybridized carbons (Fsp3) is 0.364. The van der Waals surface area contributed by atoms with Crippen molar-refractivity contribution in [2.45, 2.75) is 12.8 Å². The molecule has 0 amide bonds. The molecule has 1 aliphatic rings. The molecular formula is C11H11ClN4. The van der Waals surface area contributed by atoms with Crippen molar-refractivity contribution >= 4 is 28.5 Å². The van der Waals surface area contributed by atoms with E-state index in [4.69, 9.17) is 11.6 Å². The standard InChI is InChI=1S/C11H11ClN4/c12-11-14-8-4-3-5-13-9(8)10(15-11)16-6-1-2-7-16/h3-5H,1-2,6-7H2. The van der Waals surface area contributed by atoms with Gasteiger partial charge in [0.05, 0.1) is 5.52 Å². The number of fused-ring (bicyclic) bond motifs is 1. The number of hydrogen-bond acceptors (Lipinski definition) is 4. The topological polar surface area (TPSA) is 41.9 Å². The van der Waals surface area contributed by atoms with E-state index < -0.39 is 0 Å². The van der Waals surface area contributed by atoms with Crippen LogP contribution in [0.2, 0.25) is 5.28 Å². The van der Waals surface area contributed by atoms with Gasteiger partial charge in [-0.25, -0.2) is 4.98 Å². The number of nitrogens with zero attached hydrogens (tertiary/aromatic N) is 4. The zero-order valence-corrected chi connectivity index (χ0v) is 9.48. The van der Waals surface area contributed by atoms with E-state index in [1.807, 2.05) is 12.1 Å². The van der Waals surface area contributed by atoms with Crippen molar-refractivity contribution in [3.05, 3.63) is 23.6 Å². The molecule has 0 spiro atoms. The smallest absolute Gasteiger partial charge is 0.225 e. The van der Waals surface area contributed by atoms with Crippen molar-refractivity contribution in [3.63, 3.8) is 0 Å². The summed E-state index contributed by atoms with van der Waals surface area (Å²) in [6.45, 7) is 2.05. The first-order valence-electron chi connectivity index (χ1n) is 5.38. The van der Waals surface area contributed by atoms with Crippen LogP contribution in [-0.4, -0.2) is 28.0 Å². The Labute approximate surface area is 98.3 Å². The maximum atomic E-state index is 5.93. The van der Waals surface area contributed by atoms with Crippen LogP contribution in [0.3, 0.4) is 0 Å². The summed E-state index contributed by atoms with van der Waals surface area (Å²) < 4.78 is 0. The highest BCUT2D eigenvalue weighted by atomic mass is 35.5. The molecule has 0 N–H and O–H groups in total. The number of hydrogen-bond donors (Lipinski definition) is 0. The van der Waals surface area contributed by atoms with Gasteiger partial charge in [0.2, 0.25) is 5.28 Å². The van der Waals surface area contributed by atoms with E-state index in [1.54, 1.807) is 6.20 Å². The van der Waals surface area contributed by atoms with E-state index in [0.717, 1.165) is 29.9 Å². The molecule has 1 fully saturated rings. The monoisotopic (exact) mass is 234 g/mol. The first-order valence-corrected chi connectivity index (χ1v) is 5.75. The van der Waals surface area contributed by atoms with Crippen LogP contribution < -0.4 is 4.90 Å². The van der Waals surface area contributed by atoms with E-state index in [1.165, 1.54) is 12.8 Å². The fourth-order valence-electron chi connectivity index (χ4n) is 2.07. The van der Waals surface area contributed by atoms with Gasteiger partial charge in [-0.1, -0.05) is 0 Å². The third-order valence-corrected chi connectivity index (χ3v) is 2.98. The van der Waals surface area contributed by atoms with Gasteiger partial charge in [-0.15, -0.1) is 0 Å². The summed E-state index contributed by atoms with van der Waals surface area (Å²) in [6.07, 6.45) is 4.17. The molecule has 0 atom stereocenters. The van der Waals surface area contributed by atoms with Gasteiger partial charge < -0.3 is 4.90 Å². The molecule has 0 aliphatic carbocycles. The minimum absolute atomic E-state index is 0.294. The van der Waals surface area contributed by atoms with E-state index in [0.29, 0.717) is 5.28 Å². The molecule has 82 valence electrons. The van der Waals surface area contributed by atoms with Crippen molar-refractivity contribution in [1.29, 1.82) is 0 Å². The van der Waals surface area contributed by atoms with Crippen LogP contribution >= 0.6 is 11.6 Å². The molecule has 3 heterocycles. The Hall–Kier alpha value is -1.42. The van der Waals surface area contributed by atoms with Crippen molar-refractivity contribution in [1.82, 2.24) is 15.0 Å². The Morgan fingerprint density at radius 3 is 2.81 bits per heavy atom. The number of pyridine rings is 1. The molecule has 1 saturated heterocycles. The van der Waals surface area contributed by atoms with Crippen LogP contribution in [0.4, 0.5) is 5.82 Å². The van der Waals surface area contributed by atoms with E-state index in [9.17, 15) is 0 Å². The fourth-order valence-corrected chi connectivity index (χ4v) is 2.24. The van der Waals surface area contributed by atoms with Crippen LogP contribution in [0, 0.1) is 0 Å². The summed E-state index contributed by atoms with van der Waals surface area (Å²) in [5.41, 5.74) is 1.65. The quantitative estimate of drug-likeness (QED) is 0.710. The molecule has 0 aromatic carbocycles. The van der Waals surface area contributed by atoms with Crippen molar-refractivity contribution in [2.24, 2.45) is 0 Å². The summed E-state index contributed by atoms with van der Waals surface area (Å²) in [5.74, 6) is 0.869. The SMILES string of the molecule is Clc1nc(N2CCCC2)c2ncccc2n1. The molecule has 0 unspecified atom stereocenters. The van der Waals surface area contributed by atoms with Gasteiger partial charge in [0.25, 0.3) is 0 Å². The van der Waals surface area contributed by atoms with Gasteiger partial charge in [-0.2, -0.15) is 4.98 Å². The van der Waals surface area contributed by atoms with Crippen LogP contribution in [0.15, 0.2) is 18.3 Å². The summed E-state index contributed by atoms with van der Waals surface area (Å²) in [4.78, 5) is 15.0. The Morgan fingerprint density at radius 1 is 1.19 bits per heavy atom. The van der Waals surface area contributed by atoms with Crippen molar-refractivity contribution in [2.75, 3.05) is 18.0 Å². The van der Waals surface area contributed by atoms with Crippen molar-refractivity contribution in [3.8, 4) is 0 Å². The largest absolute Gasteiger partial charge is 0.355 e. The number of rotatable bonds is 1. The molecule has 1 aliphatic heterocycles. The second-order valence-electron chi connectivity index (χ2n) is 3.88. The molecule has 3 rings (SSSR count). The predicted octanol–water partition coefficient (Wildman–Crippen LogP) is 2.28. The highest BCUT2D eigenvalue weighted by Gasteiger charge is 2.18. The minimum Gasteiger partial charge on any atom is -0.355 e. The molecule has 16 heavy (non-hydrogen) atoms. The first kappa shape index (κ1) is 9.78. The van der Waals surface area contributed by atoms with Gasteiger partial charge in [0, 0.05) is 19.3 Å². The maximum absolute atomic E-state index is 5.93. The van der Waals surface area contributed by atoms with Crippen LogP contribution in [0.25, 0.3) is 11.0 Å². The van der Waals surface area contributed by atoms with Crippen LogP contribution in [0.1, 0.15) is 12.8 Å². The average molecular weight is 235 g/mol. The van der Waals surface area contributed by atoms with Crippen LogP contribution in [-0.2, 0) is 0 Å². The lowest BCUT2D eigenvalue weighted by molar-refractivity contribution is 0.935. The summed E-state index contributed by atoms with van der Waals surface area (Å²) in [5, 5.41) is 0.294. The van der Waals surface area contributed by atoms with Gasteiger partial charge in [-0.05, 0) is 36.6 Å². The van der Waals surface area contributed by atoms with Gasteiger partial charge in [0.15, 0.2) is 5.82 Å². The van der Waals surface area contributed by atoms with Gasteiger partial charge >= 0.3 is 0 Å². The number of aromatic nitrogens is 3. The highest BCUT2D eigenvalue weighted by molar-refractivity contribution is 6.28. The molecule has 2 aromatic heterocycles. The van der Waals surface area contributed by atoms with Gasteiger partial charge in [0.1, 0.15) is 5.52 Å². The predicted molar refractivity (Wildman–Crippen MR) is 63.8 cm³/mol. The summed E-state index contributed by atoms with van der Waals surface area (Å²) in [6, 6.07) is 3.77. The van der Waals surface area contributed by atoms with E-state index >= 15 is 0 Å². The zero-order chi connectivity index (χ0) is 11.0. The third-order valence-electron chi connectivity index (χ3n) is 2.81. The molecular weight excluding hydrogens is 224 g/mol. The van der Waals surface area contributed by atoms with E-state index in [2.05, 4.69) is 19.9 Å². The first-order chi connectivity index (χ1) is 7.84. The lowest BCUT2D eigenvalue weighted by atomic mass is 10.3. The Bertz CT molecular complexity index is 522. The number of halogens is 1. The second kappa shape index (κ2) is 3.87. The Kier molecular flexibility index (Phi) is 2.36. The highest BCUT2D eigenvalue weighted by Crippen LogP contribution is 2.25. The number of anilines is 1. The summed E-state index contributed by atoms with van der Waals surface area (Å²) >= 11 is 5.93. The lowest BCUT2D eigenvalue weighted by Gasteiger charge is -2.17. The molecule has 2 aromatic rings. The lowest BCUT2D eigenvalue weighted by Crippen LogP contribution is -2.20. The third kappa shape index (κ3) is 1.59. The Morgan fingerprint density at radius 2 is 2.00 bits per heavy atom. The second-order valence-corrected chi connectivity index (χ2v) is 4.22. The maximum Gasteiger partial charge on any atom is 0.225 e. The molecule has 0 saturated carbocycles. The van der Waals surface area contributed by atoms with Crippen molar-refractivity contribution < 1.29 is 0 Å².